The van der Waals surface area contributed by atoms with Gasteiger partial charge >= 0.3 is 0 Å². The van der Waals surface area contributed by atoms with Crippen LogP contribution in [0.3, 0.4) is 0 Å². The number of nitrogens with zero attached hydrogens (tertiary/aromatic N) is 3. The summed E-state index contributed by atoms with van der Waals surface area (Å²) in [5, 5.41) is 10.9. The lowest BCUT2D eigenvalue weighted by atomic mass is 10.1. The van der Waals surface area contributed by atoms with Crippen molar-refractivity contribution in [3.63, 3.8) is 0 Å². The van der Waals surface area contributed by atoms with Gasteiger partial charge < -0.3 is 15.2 Å². The van der Waals surface area contributed by atoms with Gasteiger partial charge in [0.15, 0.2) is 11.7 Å². The topological polar surface area (TPSA) is 65.7 Å². The van der Waals surface area contributed by atoms with Gasteiger partial charge in [0, 0.05) is 38.8 Å². The first-order valence-corrected chi connectivity index (χ1v) is 8.38. The highest BCUT2D eigenvalue weighted by molar-refractivity contribution is 5.79. The molecule has 0 unspecified atom stereocenters. The monoisotopic (exact) mass is 319 g/mol. The van der Waals surface area contributed by atoms with Crippen molar-refractivity contribution in [3.05, 3.63) is 30.2 Å². The fourth-order valence-corrected chi connectivity index (χ4v) is 2.69. The standard InChI is InChI=1S/C17H29N5O/c1-5-8-22-9-6-14(7-10-22)20-17(18-4)19-12-15-11-16(13(2)3)21-23-15/h5,11,13-14H,1,6-10,12H2,2-4H3,(H2,18,19,20). The minimum absolute atomic E-state index is 0.380. The summed E-state index contributed by atoms with van der Waals surface area (Å²) in [5.41, 5.74) is 0.985. The van der Waals surface area contributed by atoms with Crippen LogP contribution in [0.2, 0.25) is 0 Å². The summed E-state index contributed by atoms with van der Waals surface area (Å²) in [7, 11) is 1.79. The predicted octanol–water partition coefficient (Wildman–Crippen LogP) is 2.11. The molecule has 1 aromatic rings. The molecule has 1 fully saturated rings. The van der Waals surface area contributed by atoms with E-state index < -0.39 is 0 Å². The fraction of sp³-hybridized carbons (Fsp3) is 0.647. The van der Waals surface area contributed by atoms with Crippen LogP contribution < -0.4 is 10.6 Å². The second-order valence-electron chi connectivity index (χ2n) is 6.31. The van der Waals surface area contributed by atoms with Crippen molar-refractivity contribution in [1.29, 1.82) is 0 Å². The molecule has 2 N–H and O–H groups in total. The van der Waals surface area contributed by atoms with Crippen LogP contribution in [-0.4, -0.2) is 48.7 Å². The normalized spacial score (nSPS) is 17.5. The van der Waals surface area contributed by atoms with Crippen LogP contribution in [0.5, 0.6) is 0 Å². The van der Waals surface area contributed by atoms with Gasteiger partial charge in [-0.05, 0) is 18.8 Å². The van der Waals surface area contributed by atoms with Crippen LogP contribution in [0, 0.1) is 0 Å². The van der Waals surface area contributed by atoms with Crippen molar-refractivity contribution in [3.8, 4) is 0 Å². The molecule has 0 amide bonds. The summed E-state index contributed by atoms with van der Waals surface area (Å²) in [6.45, 7) is 11.8. The van der Waals surface area contributed by atoms with Gasteiger partial charge in [-0.3, -0.25) is 9.89 Å². The Hall–Kier alpha value is -1.82. The molecular weight excluding hydrogens is 290 g/mol. The SMILES string of the molecule is C=CCN1CCC(NC(=NC)NCc2cc(C(C)C)no2)CC1. The minimum atomic E-state index is 0.380. The van der Waals surface area contributed by atoms with E-state index >= 15 is 0 Å². The van der Waals surface area contributed by atoms with Crippen molar-refractivity contribution in [2.24, 2.45) is 4.99 Å². The maximum Gasteiger partial charge on any atom is 0.191 e. The van der Waals surface area contributed by atoms with Crippen molar-refractivity contribution >= 4 is 5.96 Å². The number of aliphatic imine (C=N–C) groups is 1. The summed E-state index contributed by atoms with van der Waals surface area (Å²) in [6.07, 6.45) is 4.21. The van der Waals surface area contributed by atoms with E-state index in [-0.39, 0.29) is 0 Å². The quantitative estimate of drug-likeness (QED) is 0.478. The van der Waals surface area contributed by atoms with Gasteiger partial charge in [-0.15, -0.1) is 6.58 Å². The molecule has 128 valence electrons. The number of aromatic nitrogens is 1. The van der Waals surface area contributed by atoms with E-state index in [2.05, 4.69) is 46.1 Å². The molecule has 0 radical (unpaired) electrons. The first-order chi connectivity index (χ1) is 11.1. The molecule has 2 rings (SSSR count). The Morgan fingerprint density at radius 2 is 2.26 bits per heavy atom. The van der Waals surface area contributed by atoms with Gasteiger partial charge in [0.05, 0.1) is 12.2 Å². The van der Waals surface area contributed by atoms with Crippen LogP contribution in [-0.2, 0) is 6.54 Å². The van der Waals surface area contributed by atoms with Crippen molar-refractivity contribution in [1.82, 2.24) is 20.7 Å². The Kier molecular flexibility index (Phi) is 6.65. The Morgan fingerprint density at radius 3 is 2.83 bits per heavy atom. The maximum absolute atomic E-state index is 5.34. The molecule has 1 saturated heterocycles. The second-order valence-corrected chi connectivity index (χ2v) is 6.31. The van der Waals surface area contributed by atoms with E-state index in [1.807, 2.05) is 12.1 Å². The summed E-state index contributed by atoms with van der Waals surface area (Å²) in [4.78, 5) is 6.72. The number of hydrogen-bond donors (Lipinski definition) is 2. The zero-order valence-corrected chi connectivity index (χ0v) is 14.5. The molecule has 0 bridgehead atoms. The van der Waals surface area contributed by atoms with Gasteiger partial charge in [0.1, 0.15) is 0 Å². The molecule has 1 aliphatic rings. The molecule has 23 heavy (non-hydrogen) atoms. The number of rotatable bonds is 6. The third-order valence-electron chi connectivity index (χ3n) is 4.14. The third-order valence-corrected chi connectivity index (χ3v) is 4.14. The Bertz CT molecular complexity index is 515. The Morgan fingerprint density at radius 1 is 1.52 bits per heavy atom. The number of likely N-dealkylation sites (tertiary alicyclic amines) is 1. The number of guanidine groups is 1. The first kappa shape index (κ1) is 17.5. The van der Waals surface area contributed by atoms with Gasteiger partial charge in [0.25, 0.3) is 0 Å². The second kappa shape index (κ2) is 8.72. The highest BCUT2D eigenvalue weighted by Gasteiger charge is 2.19. The smallest absolute Gasteiger partial charge is 0.191 e. The lowest BCUT2D eigenvalue weighted by molar-refractivity contribution is 0.225. The first-order valence-electron chi connectivity index (χ1n) is 8.38. The van der Waals surface area contributed by atoms with Crippen LogP contribution in [0.1, 0.15) is 44.1 Å². The van der Waals surface area contributed by atoms with Crippen molar-refractivity contribution in [2.75, 3.05) is 26.7 Å². The van der Waals surface area contributed by atoms with Crippen molar-refractivity contribution < 1.29 is 4.52 Å². The highest BCUT2D eigenvalue weighted by atomic mass is 16.5. The summed E-state index contributed by atoms with van der Waals surface area (Å²) >= 11 is 0. The molecule has 1 aliphatic heterocycles. The molecule has 0 aromatic carbocycles. The molecule has 6 heteroatoms. The highest BCUT2D eigenvalue weighted by Crippen LogP contribution is 2.14. The molecule has 2 heterocycles. The molecule has 0 aliphatic carbocycles. The van der Waals surface area contributed by atoms with E-state index in [0.29, 0.717) is 18.5 Å². The van der Waals surface area contributed by atoms with E-state index in [0.717, 1.165) is 49.9 Å². The van der Waals surface area contributed by atoms with Crippen LogP contribution >= 0.6 is 0 Å². The molecule has 0 spiro atoms. The summed E-state index contributed by atoms with van der Waals surface area (Å²) in [5.74, 6) is 2.03. The zero-order chi connectivity index (χ0) is 16.7. The summed E-state index contributed by atoms with van der Waals surface area (Å²) < 4.78 is 5.34. The number of piperidine rings is 1. The minimum Gasteiger partial charge on any atom is -0.359 e. The van der Waals surface area contributed by atoms with Gasteiger partial charge in [0.2, 0.25) is 0 Å². The van der Waals surface area contributed by atoms with Crippen LogP contribution in [0.15, 0.2) is 28.2 Å². The largest absolute Gasteiger partial charge is 0.359 e. The van der Waals surface area contributed by atoms with Gasteiger partial charge in [-0.2, -0.15) is 0 Å². The molecule has 0 saturated carbocycles. The van der Waals surface area contributed by atoms with Crippen LogP contribution in [0.25, 0.3) is 0 Å². The molecular formula is C17H29N5O. The number of nitrogens with one attached hydrogen (secondary N) is 2. The predicted molar refractivity (Wildman–Crippen MR) is 93.6 cm³/mol. The third kappa shape index (κ3) is 5.39. The van der Waals surface area contributed by atoms with E-state index in [1.165, 1.54) is 0 Å². The Labute approximate surface area is 139 Å². The molecule has 6 nitrogen and oxygen atoms in total. The van der Waals surface area contributed by atoms with E-state index in [1.54, 1.807) is 7.05 Å². The van der Waals surface area contributed by atoms with E-state index in [4.69, 9.17) is 4.52 Å². The lowest BCUT2D eigenvalue weighted by Gasteiger charge is -2.32. The van der Waals surface area contributed by atoms with Gasteiger partial charge in [-0.1, -0.05) is 25.1 Å². The summed E-state index contributed by atoms with van der Waals surface area (Å²) in [6, 6.07) is 2.46. The maximum atomic E-state index is 5.34. The van der Waals surface area contributed by atoms with Crippen LogP contribution in [0.4, 0.5) is 0 Å². The Balaban J connectivity index is 1.76. The molecule has 1 aromatic heterocycles. The average Bonchev–Trinajstić information content (AvgIpc) is 3.02. The fourth-order valence-electron chi connectivity index (χ4n) is 2.69. The number of hydrogen-bond acceptors (Lipinski definition) is 4. The molecule has 0 atom stereocenters. The average molecular weight is 319 g/mol. The lowest BCUT2D eigenvalue weighted by Crippen LogP contribution is -2.48. The zero-order valence-electron chi connectivity index (χ0n) is 14.5. The van der Waals surface area contributed by atoms with Gasteiger partial charge in [-0.25, -0.2) is 0 Å². The van der Waals surface area contributed by atoms with Crippen molar-refractivity contribution in [2.45, 2.75) is 45.2 Å². The van der Waals surface area contributed by atoms with E-state index in [9.17, 15) is 0 Å².